The van der Waals surface area contributed by atoms with E-state index in [2.05, 4.69) is 223 Å². The third-order valence-corrected chi connectivity index (χ3v) is 14.4. The van der Waals surface area contributed by atoms with Gasteiger partial charge in [-0.3, -0.25) is 0 Å². The van der Waals surface area contributed by atoms with E-state index in [1.165, 1.54) is 99.4 Å². The summed E-state index contributed by atoms with van der Waals surface area (Å²) in [4.78, 5) is 0. The summed E-state index contributed by atoms with van der Waals surface area (Å²) in [6, 6.07) is 60.3. The topological polar surface area (TPSA) is 20.2 Å². The van der Waals surface area contributed by atoms with Gasteiger partial charge < -0.3 is 5.11 Å². The lowest BCUT2D eigenvalue weighted by Crippen LogP contribution is -2.26. The van der Waals surface area contributed by atoms with Gasteiger partial charge in [0.05, 0.1) is 0 Å². The lowest BCUT2D eigenvalue weighted by atomic mass is 9.78. The van der Waals surface area contributed by atoms with Crippen LogP contribution in [0.5, 0.6) is 0 Å². The number of aryl methyl sites for hydroxylation is 4. The number of aliphatic hydroxyl groups is 1. The van der Waals surface area contributed by atoms with E-state index in [4.69, 9.17) is 0 Å². The lowest BCUT2D eigenvalue weighted by molar-refractivity contribution is 0.131. The smallest absolute Gasteiger partial charge is 0.141 e. The third kappa shape index (κ3) is 5.48. The molecule has 0 amide bonds. The summed E-state index contributed by atoms with van der Waals surface area (Å²) in [6.07, 6.45) is 0. The highest BCUT2D eigenvalue weighted by Gasteiger charge is 2.44. The number of halogens is 2. The van der Waals surface area contributed by atoms with E-state index < -0.39 is 5.60 Å². The fourth-order valence-corrected chi connectivity index (χ4v) is 11.8. The molecule has 0 saturated heterocycles. The van der Waals surface area contributed by atoms with Crippen molar-refractivity contribution in [3.05, 3.63) is 212 Å². The molecular formula is C59H40Br2O. The summed E-state index contributed by atoms with van der Waals surface area (Å²) >= 11 is 7.53. The normalized spacial score (nSPS) is 13.2. The molecule has 10 aromatic carbocycles. The van der Waals surface area contributed by atoms with E-state index >= 15 is 0 Å². The highest BCUT2D eigenvalue weighted by molar-refractivity contribution is 9.10. The van der Waals surface area contributed by atoms with Gasteiger partial charge in [-0.15, -0.1) is 0 Å². The van der Waals surface area contributed by atoms with Crippen molar-refractivity contribution in [2.24, 2.45) is 0 Å². The molecule has 0 aliphatic heterocycles. The Bertz CT molecular complexity index is 3520. The van der Waals surface area contributed by atoms with Gasteiger partial charge in [-0.05, 0) is 169 Å². The van der Waals surface area contributed by atoms with Gasteiger partial charge in [0, 0.05) is 20.1 Å². The maximum atomic E-state index is 13.5. The summed E-state index contributed by atoms with van der Waals surface area (Å²) < 4.78 is 1.87. The molecule has 0 aromatic heterocycles. The van der Waals surface area contributed by atoms with Gasteiger partial charge in [0.2, 0.25) is 0 Å². The molecular weight excluding hydrogens is 884 g/mol. The second-order valence-corrected chi connectivity index (χ2v) is 19.4. The standard InChI is InChI=1S/C59H40Br2O/c1-32-22-33(2)25-39(24-32)54-48-17-14-41(59(62)52-30-42(60)15-18-45(52)46-19-16-43(61)31-53(46)59)29-51(48)55(40-26-34(3)23-35(4)27-40)58-50-21-20-44(47-10-7-11-49(56(47)50)57(54)58)38-13-12-36-8-5-6-9-37(36)28-38/h5-31,62H,1-4H3. The van der Waals surface area contributed by atoms with Crippen LogP contribution in [0.4, 0.5) is 0 Å². The monoisotopic (exact) mass is 922 g/mol. The van der Waals surface area contributed by atoms with Gasteiger partial charge in [-0.2, -0.15) is 0 Å². The number of benzene rings is 10. The number of hydrogen-bond acceptors (Lipinski definition) is 1. The second-order valence-electron chi connectivity index (χ2n) is 17.6. The highest BCUT2D eigenvalue weighted by Crippen LogP contribution is 2.60. The molecule has 3 heteroatoms. The van der Waals surface area contributed by atoms with Crippen molar-refractivity contribution in [3.8, 4) is 66.8 Å². The Balaban J connectivity index is 1.23. The SMILES string of the molecule is Cc1cc(C)cc(-c2c3c(c(-c4cc(C)cc(C)c4)c4cc(C5(O)c6cc(Br)ccc6-c6ccc(Br)cc65)ccc24)-c2ccc(-c4ccc5ccccc5c4)c4cccc-3c24)c1. The fraction of sp³-hybridized carbons (Fsp3) is 0.0847. The van der Waals surface area contributed by atoms with Crippen molar-refractivity contribution in [2.75, 3.05) is 0 Å². The van der Waals surface area contributed by atoms with Crippen LogP contribution in [0, 0.1) is 27.7 Å². The van der Waals surface area contributed by atoms with Gasteiger partial charge in [0.25, 0.3) is 0 Å². The average Bonchev–Trinajstić information content (AvgIpc) is 3.71. The van der Waals surface area contributed by atoms with Crippen molar-refractivity contribution in [2.45, 2.75) is 33.3 Å². The minimum Gasteiger partial charge on any atom is -0.376 e. The zero-order chi connectivity index (χ0) is 42.2. The van der Waals surface area contributed by atoms with E-state index in [-0.39, 0.29) is 0 Å². The molecule has 0 atom stereocenters. The van der Waals surface area contributed by atoms with Crippen LogP contribution in [0.2, 0.25) is 0 Å². The molecule has 0 fully saturated rings. The van der Waals surface area contributed by atoms with E-state index in [1.807, 2.05) is 0 Å². The molecule has 0 bridgehead atoms. The van der Waals surface area contributed by atoms with Crippen LogP contribution in [0.15, 0.2) is 173 Å². The first kappa shape index (κ1) is 37.6. The second kappa shape index (κ2) is 13.7. The Kier molecular flexibility index (Phi) is 8.32. The number of hydrogen-bond donors (Lipinski definition) is 1. The number of fused-ring (bicyclic) bond motifs is 8. The Labute approximate surface area is 378 Å². The van der Waals surface area contributed by atoms with Crippen LogP contribution < -0.4 is 0 Å². The van der Waals surface area contributed by atoms with Crippen LogP contribution in [0.3, 0.4) is 0 Å². The zero-order valence-corrected chi connectivity index (χ0v) is 38.0. The maximum absolute atomic E-state index is 13.5. The fourth-order valence-electron chi connectivity index (χ4n) is 11.1. The first-order valence-corrected chi connectivity index (χ1v) is 22.8. The van der Waals surface area contributed by atoms with Gasteiger partial charge in [0.15, 0.2) is 0 Å². The van der Waals surface area contributed by atoms with Crippen LogP contribution in [0.25, 0.3) is 99.1 Å². The van der Waals surface area contributed by atoms with E-state index in [0.29, 0.717) is 0 Å². The molecule has 0 radical (unpaired) electrons. The Morgan fingerprint density at radius 1 is 0.371 bits per heavy atom. The molecule has 10 aromatic rings. The Morgan fingerprint density at radius 3 is 1.55 bits per heavy atom. The van der Waals surface area contributed by atoms with Crippen LogP contribution in [-0.2, 0) is 5.60 Å². The van der Waals surface area contributed by atoms with Crippen LogP contribution in [-0.4, -0.2) is 5.11 Å². The molecule has 1 N–H and O–H groups in total. The molecule has 1 nitrogen and oxygen atoms in total. The van der Waals surface area contributed by atoms with E-state index in [1.54, 1.807) is 0 Å². The first-order chi connectivity index (χ1) is 30.0. The quantitative estimate of drug-likeness (QED) is 0.186. The van der Waals surface area contributed by atoms with Gasteiger partial charge >= 0.3 is 0 Å². The van der Waals surface area contributed by atoms with Gasteiger partial charge in [-0.25, -0.2) is 0 Å². The predicted molar refractivity (Wildman–Crippen MR) is 268 cm³/mol. The predicted octanol–water partition coefficient (Wildman–Crippen LogP) is 16.8. The van der Waals surface area contributed by atoms with Crippen molar-refractivity contribution in [3.63, 3.8) is 0 Å². The molecule has 0 saturated carbocycles. The Morgan fingerprint density at radius 2 is 0.919 bits per heavy atom. The van der Waals surface area contributed by atoms with Gasteiger partial charge in [-0.1, -0.05) is 182 Å². The molecule has 12 rings (SSSR count). The Hall–Kier alpha value is -6.10. The zero-order valence-electron chi connectivity index (χ0n) is 34.8. The molecule has 2 aliphatic rings. The van der Waals surface area contributed by atoms with E-state index in [0.717, 1.165) is 47.5 Å². The summed E-state index contributed by atoms with van der Waals surface area (Å²) in [5.41, 5.74) is 20.4. The molecule has 0 spiro atoms. The maximum Gasteiger partial charge on any atom is 0.141 e. The van der Waals surface area contributed by atoms with Crippen molar-refractivity contribution in [1.82, 2.24) is 0 Å². The minimum absolute atomic E-state index is 0.838. The lowest BCUT2D eigenvalue weighted by Gasteiger charge is -2.29. The molecule has 0 unspecified atom stereocenters. The average molecular weight is 925 g/mol. The molecule has 2 aliphatic carbocycles. The number of rotatable bonds is 4. The summed E-state index contributed by atoms with van der Waals surface area (Å²) in [5.74, 6) is 0. The van der Waals surface area contributed by atoms with Crippen molar-refractivity contribution in [1.29, 1.82) is 0 Å². The minimum atomic E-state index is -1.40. The third-order valence-electron chi connectivity index (χ3n) is 13.4. The largest absolute Gasteiger partial charge is 0.376 e. The van der Waals surface area contributed by atoms with Crippen molar-refractivity contribution >= 4 is 64.2 Å². The summed E-state index contributed by atoms with van der Waals surface area (Å²) in [6.45, 7) is 8.80. The molecule has 296 valence electrons. The van der Waals surface area contributed by atoms with Gasteiger partial charge in [0.1, 0.15) is 5.60 Å². The van der Waals surface area contributed by atoms with Crippen LogP contribution in [0.1, 0.15) is 38.9 Å². The van der Waals surface area contributed by atoms with Crippen molar-refractivity contribution < 1.29 is 5.11 Å². The molecule has 62 heavy (non-hydrogen) atoms. The summed E-state index contributed by atoms with van der Waals surface area (Å²) in [5, 5.41) is 20.8. The van der Waals surface area contributed by atoms with E-state index in [9.17, 15) is 5.11 Å². The molecule has 0 heterocycles. The summed E-state index contributed by atoms with van der Waals surface area (Å²) in [7, 11) is 0. The highest BCUT2D eigenvalue weighted by atomic mass is 79.9. The first-order valence-electron chi connectivity index (χ1n) is 21.2. The van der Waals surface area contributed by atoms with Crippen LogP contribution >= 0.6 is 31.9 Å².